The summed E-state index contributed by atoms with van der Waals surface area (Å²) < 4.78 is 27.8. The predicted octanol–water partition coefficient (Wildman–Crippen LogP) is 1.64. The summed E-state index contributed by atoms with van der Waals surface area (Å²) in [6.07, 6.45) is 0.411. The highest BCUT2D eigenvalue weighted by molar-refractivity contribution is 5.76. The van der Waals surface area contributed by atoms with Crippen LogP contribution in [-0.2, 0) is 41.8 Å². The average molecular weight is 559 g/mol. The van der Waals surface area contributed by atoms with E-state index in [-0.39, 0.29) is 69.8 Å². The molecule has 0 aromatic carbocycles. The number of ether oxygens (including phenoxy) is 5. The van der Waals surface area contributed by atoms with Gasteiger partial charge in [0.05, 0.1) is 83.3 Å². The largest absolute Gasteiger partial charge is 0.492 e. The van der Waals surface area contributed by atoms with Crippen molar-refractivity contribution in [2.45, 2.75) is 59.4 Å². The molecule has 12 nitrogen and oxygen atoms in total. The van der Waals surface area contributed by atoms with E-state index in [1.165, 1.54) is 0 Å². The smallest absolute Gasteiger partial charge is 0.303 e. The number of hydrogen-bond acceptors (Lipinski definition) is 10. The lowest BCUT2D eigenvalue weighted by Gasteiger charge is -2.29. The van der Waals surface area contributed by atoms with Crippen molar-refractivity contribution in [3.63, 3.8) is 0 Å². The number of pyridine rings is 1. The number of aromatic nitrogens is 1. The molecule has 1 aromatic heterocycles. The van der Waals surface area contributed by atoms with Crippen LogP contribution in [-0.4, -0.2) is 110 Å². The third-order valence-electron chi connectivity index (χ3n) is 5.75. The zero-order valence-corrected chi connectivity index (χ0v) is 23.7. The lowest BCUT2D eigenvalue weighted by atomic mass is 9.89. The zero-order chi connectivity index (χ0) is 29.1. The summed E-state index contributed by atoms with van der Waals surface area (Å²) in [5, 5.41) is 27.6. The number of hydrogen-bond donors (Lipinski definition) is 3. The molecule has 39 heavy (non-hydrogen) atoms. The maximum Gasteiger partial charge on any atom is 0.303 e. The van der Waals surface area contributed by atoms with Crippen LogP contribution in [0, 0.1) is 5.41 Å². The maximum absolute atomic E-state index is 12.7. The minimum absolute atomic E-state index is 0.00232. The summed E-state index contributed by atoms with van der Waals surface area (Å²) in [5.41, 5.74) is 0.716. The van der Waals surface area contributed by atoms with Gasteiger partial charge in [0.1, 0.15) is 12.4 Å². The number of amides is 1. The molecule has 0 radical (unpaired) electrons. The number of rotatable bonds is 22. The Bertz CT molecular complexity index is 809. The van der Waals surface area contributed by atoms with E-state index in [2.05, 4.69) is 25.8 Å². The van der Waals surface area contributed by atoms with Crippen LogP contribution in [0.4, 0.5) is 0 Å². The van der Waals surface area contributed by atoms with Gasteiger partial charge in [0.25, 0.3) is 0 Å². The number of carboxylic acids is 1. The van der Waals surface area contributed by atoms with E-state index in [9.17, 15) is 19.8 Å². The molecule has 1 rings (SSSR count). The van der Waals surface area contributed by atoms with Gasteiger partial charge in [-0.25, -0.2) is 0 Å². The molecule has 224 valence electrons. The van der Waals surface area contributed by atoms with Gasteiger partial charge in [-0.3, -0.25) is 14.6 Å². The summed E-state index contributed by atoms with van der Waals surface area (Å²) in [5.74, 6) is -0.686. The molecule has 0 aliphatic carbocycles. The molecule has 0 aliphatic heterocycles. The maximum atomic E-state index is 12.7. The summed E-state index contributed by atoms with van der Waals surface area (Å²) in [6.45, 7) is 8.64. The molecule has 0 bridgehead atoms. The SMILES string of the molecule is COC(COCCOCCOCCC(=O)N(CCCC(=O)O)CCOc1cc(CO)nc(CO)c1)C(C)(C)C. The van der Waals surface area contributed by atoms with Gasteiger partial charge in [0.2, 0.25) is 5.91 Å². The summed E-state index contributed by atoms with van der Waals surface area (Å²) in [4.78, 5) is 29.2. The van der Waals surface area contributed by atoms with Crippen molar-refractivity contribution in [1.82, 2.24) is 9.88 Å². The lowest BCUT2D eigenvalue weighted by molar-refractivity contribution is -0.138. The number of carbonyl (C=O) groups is 2. The number of aliphatic hydroxyl groups is 2. The standard InChI is InChI=1S/C27H46N2O10/c1-27(2,3)24(35-4)20-38-15-14-37-13-12-36-10-7-25(32)29(8-5-6-26(33)34)9-11-39-23-16-21(18-30)28-22(17-23)19-31/h16-17,24,30-31H,5-15,18-20H2,1-4H3,(H,33,34). The molecule has 1 atom stereocenters. The summed E-state index contributed by atoms with van der Waals surface area (Å²) >= 11 is 0. The monoisotopic (exact) mass is 558 g/mol. The Kier molecular flexibility index (Phi) is 17.5. The van der Waals surface area contributed by atoms with E-state index in [4.69, 9.17) is 28.8 Å². The number of nitrogens with zero attached hydrogens (tertiary/aromatic N) is 2. The molecule has 12 heteroatoms. The average Bonchev–Trinajstić information content (AvgIpc) is 2.89. The zero-order valence-electron chi connectivity index (χ0n) is 23.7. The highest BCUT2D eigenvalue weighted by Crippen LogP contribution is 2.21. The Labute approximate surface area is 231 Å². The van der Waals surface area contributed by atoms with Crippen molar-refractivity contribution < 1.29 is 48.6 Å². The third kappa shape index (κ3) is 15.7. The molecule has 0 saturated carbocycles. The van der Waals surface area contributed by atoms with Crippen LogP contribution < -0.4 is 4.74 Å². The van der Waals surface area contributed by atoms with Crippen molar-refractivity contribution in [3.05, 3.63) is 23.5 Å². The van der Waals surface area contributed by atoms with Gasteiger partial charge < -0.3 is 43.9 Å². The van der Waals surface area contributed by atoms with Gasteiger partial charge in [-0.15, -0.1) is 0 Å². The van der Waals surface area contributed by atoms with Crippen molar-refractivity contribution in [1.29, 1.82) is 0 Å². The van der Waals surface area contributed by atoms with Gasteiger partial charge in [-0.2, -0.15) is 0 Å². The Hall–Kier alpha value is -2.35. The van der Waals surface area contributed by atoms with E-state index in [0.29, 0.717) is 56.6 Å². The number of aliphatic carboxylic acids is 1. The molecule has 3 N–H and O–H groups in total. The topological polar surface area (TPSA) is 157 Å². The molecular formula is C27H46N2O10. The van der Waals surface area contributed by atoms with Crippen molar-refractivity contribution in [2.75, 3.05) is 66.4 Å². The highest BCUT2D eigenvalue weighted by atomic mass is 16.6. The van der Waals surface area contributed by atoms with Gasteiger partial charge in [-0.1, -0.05) is 20.8 Å². The molecule has 1 heterocycles. The summed E-state index contributed by atoms with van der Waals surface area (Å²) in [7, 11) is 1.67. The minimum Gasteiger partial charge on any atom is -0.492 e. The number of methoxy groups -OCH3 is 1. The molecule has 0 fully saturated rings. The first kappa shape index (κ1) is 34.7. The molecule has 0 saturated heterocycles. The van der Waals surface area contributed by atoms with E-state index in [0.717, 1.165) is 0 Å². The van der Waals surface area contributed by atoms with Gasteiger partial charge in [0, 0.05) is 32.2 Å². The van der Waals surface area contributed by atoms with Crippen LogP contribution in [0.3, 0.4) is 0 Å². The first-order valence-corrected chi connectivity index (χ1v) is 13.2. The fourth-order valence-corrected chi connectivity index (χ4v) is 3.54. The second kappa shape index (κ2) is 19.7. The lowest BCUT2D eigenvalue weighted by Crippen LogP contribution is -2.36. The van der Waals surface area contributed by atoms with E-state index < -0.39 is 5.97 Å². The predicted molar refractivity (Wildman–Crippen MR) is 142 cm³/mol. The third-order valence-corrected chi connectivity index (χ3v) is 5.75. The Morgan fingerprint density at radius 3 is 2.03 bits per heavy atom. The van der Waals surface area contributed by atoms with Crippen LogP contribution in [0.2, 0.25) is 0 Å². The molecule has 1 aromatic rings. The van der Waals surface area contributed by atoms with Crippen LogP contribution in [0.5, 0.6) is 5.75 Å². The second-order valence-electron chi connectivity index (χ2n) is 9.97. The van der Waals surface area contributed by atoms with Gasteiger partial charge >= 0.3 is 5.97 Å². The fraction of sp³-hybridized carbons (Fsp3) is 0.741. The number of aliphatic hydroxyl groups excluding tert-OH is 2. The molecular weight excluding hydrogens is 512 g/mol. The first-order valence-electron chi connectivity index (χ1n) is 13.2. The normalized spacial score (nSPS) is 12.4. The van der Waals surface area contributed by atoms with E-state index in [1.54, 1.807) is 24.1 Å². The van der Waals surface area contributed by atoms with E-state index >= 15 is 0 Å². The number of carbonyl (C=O) groups excluding carboxylic acids is 1. The van der Waals surface area contributed by atoms with Crippen LogP contribution >= 0.6 is 0 Å². The van der Waals surface area contributed by atoms with Crippen molar-refractivity contribution >= 4 is 11.9 Å². The summed E-state index contributed by atoms with van der Waals surface area (Å²) in [6, 6.07) is 3.11. The van der Waals surface area contributed by atoms with E-state index in [1.807, 2.05) is 0 Å². The molecule has 1 unspecified atom stereocenters. The molecule has 1 amide bonds. The van der Waals surface area contributed by atoms with Gasteiger partial charge in [-0.05, 0) is 11.8 Å². The molecule has 0 aliphatic rings. The Morgan fingerprint density at radius 1 is 0.897 bits per heavy atom. The second-order valence-corrected chi connectivity index (χ2v) is 9.97. The fourth-order valence-electron chi connectivity index (χ4n) is 3.54. The highest BCUT2D eigenvalue weighted by Gasteiger charge is 2.24. The molecule has 0 spiro atoms. The minimum atomic E-state index is -0.926. The van der Waals surface area contributed by atoms with Crippen molar-refractivity contribution in [2.24, 2.45) is 5.41 Å². The van der Waals surface area contributed by atoms with Crippen LogP contribution in [0.1, 0.15) is 51.4 Å². The Morgan fingerprint density at radius 2 is 1.49 bits per heavy atom. The quantitative estimate of drug-likeness (QED) is 0.178. The Balaban J connectivity index is 2.34. The first-order chi connectivity index (χ1) is 18.6. The van der Waals surface area contributed by atoms with Crippen molar-refractivity contribution in [3.8, 4) is 5.75 Å². The van der Waals surface area contributed by atoms with Crippen LogP contribution in [0.15, 0.2) is 12.1 Å². The van der Waals surface area contributed by atoms with Crippen LogP contribution in [0.25, 0.3) is 0 Å². The number of carboxylic acid groups (broad SMARTS) is 1. The van der Waals surface area contributed by atoms with Gasteiger partial charge in [0.15, 0.2) is 0 Å².